The molecule has 0 aliphatic heterocycles. The van der Waals surface area contributed by atoms with Crippen molar-refractivity contribution in [2.24, 2.45) is 0 Å². The number of aliphatic hydroxyl groups is 1. The molecule has 0 unspecified atom stereocenters. The van der Waals surface area contributed by atoms with Crippen molar-refractivity contribution in [2.45, 2.75) is 6.54 Å². The van der Waals surface area contributed by atoms with Gasteiger partial charge in [-0.2, -0.15) is 0 Å². The maximum atomic E-state index is 8.62. The molecule has 0 saturated heterocycles. The van der Waals surface area contributed by atoms with Crippen LogP contribution in [-0.2, 0) is 6.54 Å². The van der Waals surface area contributed by atoms with Gasteiger partial charge in [0.15, 0.2) is 0 Å². The number of ether oxygens (including phenoxy) is 1. The van der Waals surface area contributed by atoms with Crippen molar-refractivity contribution < 1.29 is 9.84 Å². The minimum atomic E-state index is 0.154. The first-order valence-electron chi connectivity index (χ1n) is 4.42. The second kappa shape index (κ2) is 6.01. The summed E-state index contributed by atoms with van der Waals surface area (Å²) in [5, 5.41) is 11.7. The standard InChI is InChI=1S/C10H14BrNO2/c1-14-9-2-3-10(11)8(6-9)7-12-4-5-13/h2-3,6,12-13H,4-5,7H2,1H3. The minimum absolute atomic E-state index is 0.154. The summed E-state index contributed by atoms with van der Waals surface area (Å²) in [4.78, 5) is 0. The van der Waals surface area contributed by atoms with E-state index in [1.54, 1.807) is 7.11 Å². The fourth-order valence-corrected chi connectivity index (χ4v) is 1.50. The van der Waals surface area contributed by atoms with Crippen molar-refractivity contribution in [3.8, 4) is 5.75 Å². The lowest BCUT2D eigenvalue weighted by molar-refractivity contribution is 0.292. The summed E-state index contributed by atoms with van der Waals surface area (Å²) in [6.07, 6.45) is 0. The molecule has 0 amide bonds. The van der Waals surface area contributed by atoms with Crippen molar-refractivity contribution in [2.75, 3.05) is 20.3 Å². The maximum Gasteiger partial charge on any atom is 0.119 e. The lowest BCUT2D eigenvalue weighted by Gasteiger charge is -2.07. The van der Waals surface area contributed by atoms with Gasteiger partial charge in [0, 0.05) is 17.6 Å². The van der Waals surface area contributed by atoms with Gasteiger partial charge in [0.1, 0.15) is 5.75 Å². The van der Waals surface area contributed by atoms with Crippen LogP contribution < -0.4 is 10.1 Å². The van der Waals surface area contributed by atoms with E-state index >= 15 is 0 Å². The van der Waals surface area contributed by atoms with Crippen LogP contribution in [0.1, 0.15) is 5.56 Å². The van der Waals surface area contributed by atoms with Crippen LogP contribution in [-0.4, -0.2) is 25.4 Å². The van der Waals surface area contributed by atoms with Crippen LogP contribution >= 0.6 is 15.9 Å². The monoisotopic (exact) mass is 259 g/mol. The summed E-state index contributed by atoms with van der Waals surface area (Å²) in [5.74, 6) is 0.842. The molecule has 0 radical (unpaired) electrons. The molecular weight excluding hydrogens is 246 g/mol. The van der Waals surface area contributed by atoms with Crippen molar-refractivity contribution in [1.29, 1.82) is 0 Å². The molecule has 0 bridgehead atoms. The van der Waals surface area contributed by atoms with Gasteiger partial charge >= 0.3 is 0 Å². The number of halogens is 1. The maximum absolute atomic E-state index is 8.62. The Morgan fingerprint density at radius 1 is 1.50 bits per heavy atom. The van der Waals surface area contributed by atoms with Gasteiger partial charge in [-0.25, -0.2) is 0 Å². The Hall–Kier alpha value is -0.580. The first-order chi connectivity index (χ1) is 6.77. The largest absolute Gasteiger partial charge is 0.497 e. The zero-order valence-electron chi connectivity index (χ0n) is 8.09. The topological polar surface area (TPSA) is 41.5 Å². The zero-order chi connectivity index (χ0) is 10.4. The average Bonchev–Trinajstić information content (AvgIpc) is 2.21. The van der Waals surface area contributed by atoms with Gasteiger partial charge in [0.25, 0.3) is 0 Å². The zero-order valence-corrected chi connectivity index (χ0v) is 9.67. The molecule has 1 aromatic carbocycles. The van der Waals surface area contributed by atoms with E-state index in [0.29, 0.717) is 6.54 Å². The molecule has 0 aliphatic rings. The van der Waals surface area contributed by atoms with Crippen molar-refractivity contribution in [3.63, 3.8) is 0 Å². The highest BCUT2D eigenvalue weighted by atomic mass is 79.9. The van der Waals surface area contributed by atoms with E-state index in [1.165, 1.54) is 0 Å². The molecular formula is C10H14BrNO2. The van der Waals surface area contributed by atoms with E-state index < -0.39 is 0 Å². The number of nitrogens with one attached hydrogen (secondary N) is 1. The second-order valence-electron chi connectivity index (χ2n) is 2.86. The predicted molar refractivity (Wildman–Crippen MR) is 59.5 cm³/mol. The normalized spacial score (nSPS) is 10.2. The van der Waals surface area contributed by atoms with E-state index in [2.05, 4.69) is 21.2 Å². The van der Waals surface area contributed by atoms with Crippen LogP contribution in [0.25, 0.3) is 0 Å². The van der Waals surface area contributed by atoms with Crippen molar-refractivity contribution in [1.82, 2.24) is 5.32 Å². The number of aliphatic hydroxyl groups excluding tert-OH is 1. The van der Waals surface area contributed by atoms with Crippen LogP contribution in [0.2, 0.25) is 0 Å². The molecule has 0 fully saturated rings. The quantitative estimate of drug-likeness (QED) is 0.789. The highest BCUT2D eigenvalue weighted by Crippen LogP contribution is 2.22. The summed E-state index contributed by atoms with van der Waals surface area (Å²) in [5.41, 5.74) is 1.12. The predicted octanol–water partition coefficient (Wildman–Crippen LogP) is 1.54. The molecule has 1 rings (SSSR count). The van der Waals surface area contributed by atoms with Gasteiger partial charge in [-0.3, -0.25) is 0 Å². The molecule has 0 atom stereocenters. The van der Waals surface area contributed by atoms with Crippen molar-refractivity contribution in [3.05, 3.63) is 28.2 Å². The first-order valence-corrected chi connectivity index (χ1v) is 5.21. The highest BCUT2D eigenvalue weighted by Gasteiger charge is 2.01. The Labute approximate surface area is 92.2 Å². The Morgan fingerprint density at radius 2 is 2.29 bits per heavy atom. The third kappa shape index (κ3) is 3.29. The fraction of sp³-hybridized carbons (Fsp3) is 0.400. The molecule has 14 heavy (non-hydrogen) atoms. The van der Waals surface area contributed by atoms with Crippen LogP contribution in [0.3, 0.4) is 0 Å². The van der Waals surface area contributed by atoms with Gasteiger partial charge in [-0.05, 0) is 23.8 Å². The molecule has 0 heterocycles. The molecule has 2 N–H and O–H groups in total. The molecule has 78 valence electrons. The number of hydrogen-bond acceptors (Lipinski definition) is 3. The minimum Gasteiger partial charge on any atom is -0.497 e. The SMILES string of the molecule is COc1ccc(Br)c(CNCCO)c1. The molecule has 0 saturated carbocycles. The number of benzene rings is 1. The average molecular weight is 260 g/mol. The molecule has 3 nitrogen and oxygen atoms in total. The van der Waals surface area contributed by atoms with Gasteiger partial charge in [-0.1, -0.05) is 15.9 Å². The van der Waals surface area contributed by atoms with Gasteiger partial charge in [0.05, 0.1) is 13.7 Å². The fourth-order valence-electron chi connectivity index (χ4n) is 1.12. The third-order valence-corrected chi connectivity index (χ3v) is 2.63. The van der Waals surface area contributed by atoms with Gasteiger partial charge in [0.2, 0.25) is 0 Å². The van der Waals surface area contributed by atoms with Gasteiger partial charge in [-0.15, -0.1) is 0 Å². The Kier molecular flexibility index (Phi) is 4.93. The van der Waals surface area contributed by atoms with E-state index in [1.807, 2.05) is 18.2 Å². The van der Waals surface area contributed by atoms with Crippen LogP contribution in [0, 0.1) is 0 Å². The van der Waals surface area contributed by atoms with Gasteiger partial charge < -0.3 is 15.2 Å². The molecule has 0 spiro atoms. The molecule has 1 aromatic rings. The summed E-state index contributed by atoms with van der Waals surface area (Å²) < 4.78 is 6.16. The van der Waals surface area contributed by atoms with E-state index in [9.17, 15) is 0 Å². The van der Waals surface area contributed by atoms with Crippen molar-refractivity contribution >= 4 is 15.9 Å². The van der Waals surface area contributed by atoms with E-state index in [0.717, 1.165) is 22.3 Å². The molecule has 4 heteroatoms. The van der Waals surface area contributed by atoms with E-state index in [4.69, 9.17) is 9.84 Å². The first kappa shape index (κ1) is 11.5. The third-order valence-electron chi connectivity index (χ3n) is 1.86. The number of hydrogen-bond donors (Lipinski definition) is 2. The summed E-state index contributed by atoms with van der Waals surface area (Å²) in [6.45, 7) is 1.48. The summed E-state index contributed by atoms with van der Waals surface area (Å²) in [7, 11) is 1.65. The van der Waals surface area contributed by atoms with E-state index in [-0.39, 0.29) is 6.61 Å². The highest BCUT2D eigenvalue weighted by molar-refractivity contribution is 9.10. The second-order valence-corrected chi connectivity index (χ2v) is 3.71. The smallest absolute Gasteiger partial charge is 0.119 e. The Morgan fingerprint density at radius 3 is 2.93 bits per heavy atom. The molecule has 0 aromatic heterocycles. The number of rotatable bonds is 5. The summed E-state index contributed by atoms with van der Waals surface area (Å²) >= 11 is 3.45. The Balaban J connectivity index is 2.64. The Bertz CT molecular complexity index is 291. The number of methoxy groups -OCH3 is 1. The van der Waals surface area contributed by atoms with Crippen LogP contribution in [0.5, 0.6) is 5.75 Å². The summed E-state index contributed by atoms with van der Waals surface area (Å²) in [6, 6.07) is 5.82. The molecule has 0 aliphatic carbocycles. The lowest BCUT2D eigenvalue weighted by Crippen LogP contribution is -2.17. The van der Waals surface area contributed by atoms with Crippen LogP contribution in [0.15, 0.2) is 22.7 Å². The lowest BCUT2D eigenvalue weighted by atomic mass is 10.2. The van der Waals surface area contributed by atoms with Crippen LogP contribution in [0.4, 0.5) is 0 Å².